The summed E-state index contributed by atoms with van der Waals surface area (Å²) in [5.41, 5.74) is 0. The summed E-state index contributed by atoms with van der Waals surface area (Å²) in [6, 6.07) is 3.97. The Balaban J connectivity index is 2.45. The van der Waals surface area contributed by atoms with Crippen LogP contribution in [0.3, 0.4) is 0 Å². The second-order valence-corrected chi connectivity index (χ2v) is 5.05. The molecule has 0 saturated heterocycles. The lowest BCUT2D eigenvalue weighted by molar-refractivity contribution is -0.142. The molecule has 0 aliphatic carbocycles. The first-order valence-corrected chi connectivity index (χ1v) is 4.95. The highest BCUT2D eigenvalue weighted by Crippen LogP contribution is 2.18. The summed E-state index contributed by atoms with van der Waals surface area (Å²) in [5, 5.41) is 0. The van der Waals surface area contributed by atoms with Gasteiger partial charge in [0.25, 0.3) is 0 Å². The molecule has 0 bridgehead atoms. The number of hydrogen-bond donors (Lipinski definition) is 0. The number of hydrogen-bond acceptors (Lipinski definition) is 3. The molecule has 0 aliphatic rings. The molecule has 60 valence electrons. The van der Waals surface area contributed by atoms with Crippen molar-refractivity contribution in [1.82, 2.24) is 0 Å². The minimum Gasteiger partial charge on any atom is -0.460 e. The normalized spacial score (nSPS) is 9.64. The average Bonchev–Trinajstić information content (AvgIpc) is 2.31. The maximum Gasteiger partial charge on any atom is 0.302 e. The van der Waals surface area contributed by atoms with Gasteiger partial charge in [-0.3, -0.25) is 4.79 Å². The summed E-state index contributed by atoms with van der Waals surface area (Å²) in [5.74, 6) is -0.228. The van der Waals surface area contributed by atoms with Gasteiger partial charge in [0.15, 0.2) is 0 Å². The van der Waals surface area contributed by atoms with E-state index in [1.165, 1.54) is 9.81 Å². The molecule has 0 aliphatic heterocycles. The van der Waals surface area contributed by atoms with Gasteiger partial charge in [-0.2, -0.15) is 0 Å². The van der Waals surface area contributed by atoms with Crippen molar-refractivity contribution in [3.63, 3.8) is 0 Å². The van der Waals surface area contributed by atoms with Crippen molar-refractivity contribution in [1.29, 1.82) is 0 Å². The smallest absolute Gasteiger partial charge is 0.302 e. The van der Waals surface area contributed by atoms with Crippen molar-refractivity contribution >= 4 is 39.9 Å². The van der Waals surface area contributed by atoms with E-state index in [2.05, 4.69) is 22.6 Å². The van der Waals surface area contributed by atoms with E-state index in [1.807, 2.05) is 12.1 Å². The van der Waals surface area contributed by atoms with Crippen molar-refractivity contribution < 1.29 is 9.53 Å². The highest BCUT2D eigenvalue weighted by atomic mass is 127. The van der Waals surface area contributed by atoms with Crippen LogP contribution >= 0.6 is 33.9 Å². The number of ether oxygens (including phenoxy) is 1. The molecule has 0 unspecified atom stereocenters. The largest absolute Gasteiger partial charge is 0.460 e. The molecule has 1 rings (SSSR count). The molecule has 0 N–H and O–H groups in total. The van der Waals surface area contributed by atoms with Gasteiger partial charge in [0, 0.05) is 11.8 Å². The van der Waals surface area contributed by atoms with Gasteiger partial charge in [-0.25, -0.2) is 0 Å². The number of rotatable bonds is 2. The molecule has 0 fully saturated rings. The van der Waals surface area contributed by atoms with Crippen LogP contribution < -0.4 is 0 Å². The number of carbonyl (C=O) groups excluding carboxylic acids is 1. The Morgan fingerprint density at radius 1 is 1.73 bits per heavy atom. The monoisotopic (exact) mass is 282 g/mol. The van der Waals surface area contributed by atoms with Gasteiger partial charge >= 0.3 is 5.97 Å². The van der Waals surface area contributed by atoms with Crippen molar-refractivity contribution in [2.24, 2.45) is 0 Å². The lowest BCUT2D eigenvalue weighted by Crippen LogP contribution is -1.96. The van der Waals surface area contributed by atoms with Crippen LogP contribution in [0.25, 0.3) is 0 Å². The van der Waals surface area contributed by atoms with Gasteiger partial charge in [-0.15, -0.1) is 11.3 Å². The molecule has 1 heterocycles. The van der Waals surface area contributed by atoms with E-state index in [4.69, 9.17) is 4.74 Å². The Morgan fingerprint density at radius 3 is 2.91 bits per heavy atom. The number of carbonyl (C=O) groups is 1. The summed E-state index contributed by atoms with van der Waals surface area (Å²) in [7, 11) is 0. The predicted octanol–water partition coefficient (Wildman–Crippen LogP) is 2.42. The molecule has 0 aromatic carbocycles. The van der Waals surface area contributed by atoms with Crippen LogP contribution in [-0.4, -0.2) is 5.97 Å². The number of thiophene rings is 1. The maximum absolute atomic E-state index is 10.4. The van der Waals surface area contributed by atoms with E-state index >= 15 is 0 Å². The van der Waals surface area contributed by atoms with Crippen molar-refractivity contribution in [3.8, 4) is 0 Å². The molecule has 0 atom stereocenters. The molecule has 0 saturated carbocycles. The number of halogens is 1. The Labute approximate surface area is 82.7 Å². The van der Waals surface area contributed by atoms with Gasteiger partial charge in [-0.1, -0.05) is 0 Å². The van der Waals surface area contributed by atoms with Gasteiger partial charge < -0.3 is 4.74 Å². The Hall–Kier alpha value is -0.100. The van der Waals surface area contributed by atoms with Crippen LogP contribution in [-0.2, 0) is 16.1 Å². The Bertz CT molecular complexity index is 257. The molecule has 0 amide bonds. The van der Waals surface area contributed by atoms with Crippen LogP contribution in [0.5, 0.6) is 0 Å². The zero-order valence-electron chi connectivity index (χ0n) is 5.96. The summed E-state index contributed by atoms with van der Waals surface area (Å²) in [4.78, 5) is 11.5. The van der Waals surface area contributed by atoms with Crippen LogP contribution in [0, 0.1) is 2.88 Å². The third-order valence-corrected chi connectivity index (χ3v) is 2.91. The first-order chi connectivity index (χ1) is 5.18. The van der Waals surface area contributed by atoms with Crippen molar-refractivity contribution in [3.05, 3.63) is 19.9 Å². The van der Waals surface area contributed by atoms with E-state index in [1.54, 1.807) is 11.3 Å². The van der Waals surface area contributed by atoms with E-state index in [9.17, 15) is 4.79 Å². The van der Waals surface area contributed by atoms with Gasteiger partial charge in [-0.05, 0) is 34.7 Å². The van der Waals surface area contributed by atoms with Gasteiger partial charge in [0.2, 0.25) is 0 Å². The maximum atomic E-state index is 10.4. The Kier molecular flexibility index (Phi) is 3.32. The third kappa shape index (κ3) is 3.20. The second-order valence-electron chi connectivity index (χ2n) is 1.99. The standard InChI is InChI=1S/C7H7IO2S/c1-5(9)10-4-6-2-3-7(8)11-6/h2-3H,4H2,1H3. The van der Waals surface area contributed by atoms with Gasteiger partial charge in [0.1, 0.15) is 6.61 Å². The molecule has 1 aromatic rings. The Morgan fingerprint density at radius 2 is 2.45 bits per heavy atom. The lowest BCUT2D eigenvalue weighted by Gasteiger charge is -1.96. The quantitative estimate of drug-likeness (QED) is 0.615. The fourth-order valence-electron chi connectivity index (χ4n) is 0.602. The second kappa shape index (κ2) is 4.06. The first-order valence-electron chi connectivity index (χ1n) is 3.06. The van der Waals surface area contributed by atoms with Crippen LogP contribution in [0.4, 0.5) is 0 Å². The summed E-state index contributed by atoms with van der Waals surface area (Å²) in [6.45, 7) is 1.82. The molecule has 1 aromatic heterocycles. The van der Waals surface area contributed by atoms with E-state index in [0.717, 1.165) is 4.88 Å². The fraction of sp³-hybridized carbons (Fsp3) is 0.286. The van der Waals surface area contributed by atoms with Crippen molar-refractivity contribution in [2.75, 3.05) is 0 Å². The van der Waals surface area contributed by atoms with Crippen molar-refractivity contribution in [2.45, 2.75) is 13.5 Å². The van der Waals surface area contributed by atoms with Crippen LogP contribution in [0.2, 0.25) is 0 Å². The zero-order chi connectivity index (χ0) is 8.27. The lowest BCUT2D eigenvalue weighted by atomic mass is 10.5. The molecule has 4 heteroatoms. The predicted molar refractivity (Wildman–Crippen MR) is 52.5 cm³/mol. The fourth-order valence-corrected chi connectivity index (χ4v) is 2.27. The topological polar surface area (TPSA) is 26.3 Å². The van der Waals surface area contributed by atoms with E-state index in [0.29, 0.717) is 6.61 Å². The molecule has 2 nitrogen and oxygen atoms in total. The molecule has 0 spiro atoms. The highest BCUT2D eigenvalue weighted by molar-refractivity contribution is 14.1. The number of esters is 1. The van der Waals surface area contributed by atoms with Crippen LogP contribution in [0.15, 0.2) is 12.1 Å². The highest BCUT2D eigenvalue weighted by Gasteiger charge is 1.98. The zero-order valence-corrected chi connectivity index (χ0v) is 8.94. The van der Waals surface area contributed by atoms with Gasteiger partial charge in [0.05, 0.1) is 2.88 Å². The average molecular weight is 282 g/mol. The summed E-state index contributed by atoms with van der Waals surface area (Å²) in [6.07, 6.45) is 0. The molecule has 11 heavy (non-hydrogen) atoms. The summed E-state index contributed by atoms with van der Waals surface area (Å²) >= 11 is 3.87. The van der Waals surface area contributed by atoms with Crippen LogP contribution in [0.1, 0.15) is 11.8 Å². The first kappa shape index (κ1) is 8.99. The molecule has 0 radical (unpaired) electrons. The van der Waals surface area contributed by atoms with E-state index in [-0.39, 0.29) is 5.97 Å². The van der Waals surface area contributed by atoms with E-state index < -0.39 is 0 Å². The SMILES string of the molecule is CC(=O)OCc1ccc(I)s1. The summed E-state index contributed by atoms with van der Waals surface area (Å²) < 4.78 is 6.02. The molecular weight excluding hydrogens is 275 g/mol. The molecular formula is C7H7IO2S. The minimum atomic E-state index is -0.228. The minimum absolute atomic E-state index is 0.228. The third-order valence-electron chi connectivity index (χ3n) is 1.05.